The van der Waals surface area contributed by atoms with Crippen molar-refractivity contribution >= 4 is 33.5 Å². The molecule has 3 rings (SSSR count). The summed E-state index contributed by atoms with van der Waals surface area (Å²) < 4.78 is 10.5. The van der Waals surface area contributed by atoms with Gasteiger partial charge in [0.15, 0.2) is 11.9 Å². The number of aryl methyl sites for hydroxylation is 2. The fourth-order valence-corrected chi connectivity index (χ4v) is 3.80. The summed E-state index contributed by atoms with van der Waals surface area (Å²) in [6.07, 6.45) is -0.764. The van der Waals surface area contributed by atoms with Gasteiger partial charge in [-0.3, -0.25) is 4.79 Å². The third-order valence-electron chi connectivity index (χ3n) is 4.24. The highest BCUT2D eigenvalue weighted by molar-refractivity contribution is 7.20. The van der Waals surface area contributed by atoms with Crippen molar-refractivity contribution in [2.24, 2.45) is 0 Å². The molecule has 0 aliphatic carbocycles. The number of hydrogen-bond acceptors (Lipinski definition) is 7. The van der Waals surface area contributed by atoms with Gasteiger partial charge in [-0.15, -0.1) is 11.3 Å². The molecule has 1 aromatic carbocycles. The smallest absolute Gasteiger partial charge is 0.348 e. The number of esters is 2. The molecule has 0 bridgehead atoms. The molecule has 0 fully saturated rings. The van der Waals surface area contributed by atoms with Crippen LogP contribution in [0.15, 0.2) is 29.1 Å². The average Bonchev–Trinajstić information content (AvgIpc) is 2.99. The standard InChI is InChI=1S/C20H20N2O5S/c1-5-26-20(25)15-11(3)14-17(23)21-16(22-18(14)28-15)12(4)27-19(24)13-8-6-10(2)7-9-13/h6-9,12H,5H2,1-4H3,(H,21,22,23)/t12-/m0/s1. The van der Waals surface area contributed by atoms with Crippen LogP contribution in [-0.4, -0.2) is 28.5 Å². The zero-order valence-corrected chi connectivity index (χ0v) is 16.8. The summed E-state index contributed by atoms with van der Waals surface area (Å²) in [5.41, 5.74) is 1.59. The second kappa shape index (κ2) is 7.93. The van der Waals surface area contributed by atoms with Crippen LogP contribution in [0, 0.1) is 13.8 Å². The van der Waals surface area contributed by atoms with Crippen LogP contribution in [0.2, 0.25) is 0 Å². The molecule has 0 aliphatic heterocycles. The molecule has 3 aromatic rings. The van der Waals surface area contributed by atoms with Gasteiger partial charge in [-0.2, -0.15) is 0 Å². The molecule has 1 N–H and O–H groups in total. The Hall–Kier alpha value is -3.00. The first-order valence-electron chi connectivity index (χ1n) is 8.79. The molecule has 2 aromatic heterocycles. The predicted molar refractivity (Wildman–Crippen MR) is 106 cm³/mol. The lowest BCUT2D eigenvalue weighted by atomic mass is 10.1. The molecule has 0 radical (unpaired) electrons. The Bertz CT molecular complexity index is 1100. The number of benzene rings is 1. The number of fused-ring (bicyclic) bond motifs is 1. The van der Waals surface area contributed by atoms with Crippen molar-refractivity contribution in [1.82, 2.24) is 9.97 Å². The number of rotatable bonds is 5. The van der Waals surface area contributed by atoms with E-state index in [-0.39, 0.29) is 18.0 Å². The first-order chi connectivity index (χ1) is 13.3. The van der Waals surface area contributed by atoms with E-state index in [1.54, 1.807) is 32.9 Å². The van der Waals surface area contributed by atoms with Crippen molar-refractivity contribution in [2.45, 2.75) is 33.8 Å². The van der Waals surface area contributed by atoms with Gasteiger partial charge in [0.1, 0.15) is 9.71 Å². The van der Waals surface area contributed by atoms with Gasteiger partial charge < -0.3 is 14.5 Å². The van der Waals surface area contributed by atoms with E-state index in [0.717, 1.165) is 16.9 Å². The van der Waals surface area contributed by atoms with Gasteiger partial charge in [0.25, 0.3) is 5.56 Å². The average molecular weight is 400 g/mol. The van der Waals surface area contributed by atoms with E-state index in [9.17, 15) is 14.4 Å². The summed E-state index contributed by atoms with van der Waals surface area (Å²) >= 11 is 1.09. The number of carbonyl (C=O) groups excluding carboxylic acids is 2. The summed E-state index contributed by atoms with van der Waals surface area (Å²) in [5, 5.41) is 0.342. The Morgan fingerprint density at radius 1 is 1.18 bits per heavy atom. The number of thiophene rings is 1. The van der Waals surface area contributed by atoms with Crippen molar-refractivity contribution < 1.29 is 19.1 Å². The molecule has 2 heterocycles. The molecule has 1 atom stereocenters. The topological polar surface area (TPSA) is 98.3 Å². The monoisotopic (exact) mass is 400 g/mol. The van der Waals surface area contributed by atoms with E-state index in [1.165, 1.54) is 0 Å². The Morgan fingerprint density at radius 3 is 2.50 bits per heavy atom. The number of H-pyrrole nitrogens is 1. The quantitative estimate of drug-likeness (QED) is 0.656. The van der Waals surface area contributed by atoms with E-state index in [2.05, 4.69) is 9.97 Å². The van der Waals surface area contributed by atoms with Crippen LogP contribution in [0.4, 0.5) is 0 Å². The van der Waals surface area contributed by atoms with Crippen LogP contribution < -0.4 is 5.56 Å². The lowest BCUT2D eigenvalue weighted by Crippen LogP contribution is -2.17. The van der Waals surface area contributed by atoms with Crippen LogP contribution in [0.5, 0.6) is 0 Å². The second-order valence-corrected chi connectivity index (χ2v) is 7.32. The minimum Gasteiger partial charge on any atom is -0.462 e. The number of nitrogens with zero attached hydrogens (tertiary/aromatic N) is 1. The summed E-state index contributed by atoms with van der Waals surface area (Å²) in [4.78, 5) is 44.7. The number of hydrogen-bond donors (Lipinski definition) is 1. The molecular weight excluding hydrogens is 380 g/mol. The first-order valence-corrected chi connectivity index (χ1v) is 9.61. The third kappa shape index (κ3) is 3.82. The molecule has 0 spiro atoms. The number of nitrogens with one attached hydrogen (secondary N) is 1. The van der Waals surface area contributed by atoms with Gasteiger partial charge in [0.05, 0.1) is 17.6 Å². The minimum atomic E-state index is -0.764. The molecule has 0 saturated carbocycles. The maximum atomic E-state index is 12.5. The third-order valence-corrected chi connectivity index (χ3v) is 5.40. The minimum absolute atomic E-state index is 0.217. The van der Waals surface area contributed by atoms with Gasteiger partial charge in [-0.25, -0.2) is 14.6 Å². The van der Waals surface area contributed by atoms with Crippen LogP contribution in [0.1, 0.15) is 56.9 Å². The Kier molecular flexibility index (Phi) is 5.60. The summed E-state index contributed by atoms with van der Waals surface area (Å²) in [6, 6.07) is 6.99. The van der Waals surface area contributed by atoms with E-state index in [4.69, 9.17) is 9.47 Å². The van der Waals surface area contributed by atoms with Crippen molar-refractivity contribution in [2.75, 3.05) is 6.61 Å². The normalized spacial score (nSPS) is 12.0. The van der Waals surface area contributed by atoms with Crippen molar-refractivity contribution in [3.8, 4) is 0 Å². The highest BCUT2D eigenvalue weighted by Gasteiger charge is 2.22. The van der Waals surface area contributed by atoms with E-state index in [0.29, 0.717) is 26.2 Å². The molecule has 0 saturated heterocycles. The molecule has 8 heteroatoms. The Morgan fingerprint density at radius 2 is 1.86 bits per heavy atom. The number of carbonyl (C=O) groups is 2. The van der Waals surface area contributed by atoms with Gasteiger partial charge in [0, 0.05) is 0 Å². The zero-order valence-electron chi connectivity index (χ0n) is 16.0. The second-order valence-electron chi connectivity index (χ2n) is 6.32. The lowest BCUT2D eigenvalue weighted by Gasteiger charge is -2.12. The van der Waals surface area contributed by atoms with Crippen LogP contribution in [0.25, 0.3) is 10.2 Å². The maximum absolute atomic E-state index is 12.5. The summed E-state index contributed by atoms with van der Waals surface area (Å²) in [5.74, 6) is -0.776. The first kappa shape index (κ1) is 19.8. The predicted octanol–water partition coefficient (Wildman–Crippen LogP) is 3.70. The molecule has 0 amide bonds. The highest BCUT2D eigenvalue weighted by atomic mass is 32.1. The molecule has 0 aliphatic rings. The molecule has 7 nitrogen and oxygen atoms in total. The Balaban J connectivity index is 1.90. The number of aromatic nitrogens is 2. The maximum Gasteiger partial charge on any atom is 0.348 e. The molecule has 146 valence electrons. The van der Waals surface area contributed by atoms with Crippen LogP contribution in [0.3, 0.4) is 0 Å². The Labute approximate surface area is 165 Å². The van der Waals surface area contributed by atoms with Crippen molar-refractivity contribution in [3.63, 3.8) is 0 Å². The van der Waals surface area contributed by atoms with Gasteiger partial charge >= 0.3 is 11.9 Å². The van der Waals surface area contributed by atoms with E-state index >= 15 is 0 Å². The highest BCUT2D eigenvalue weighted by Crippen LogP contribution is 2.28. The van der Waals surface area contributed by atoms with Gasteiger partial charge in [-0.05, 0) is 45.4 Å². The van der Waals surface area contributed by atoms with Gasteiger partial charge in [-0.1, -0.05) is 17.7 Å². The van der Waals surface area contributed by atoms with Gasteiger partial charge in [0.2, 0.25) is 0 Å². The number of aromatic amines is 1. The summed E-state index contributed by atoms with van der Waals surface area (Å²) in [6.45, 7) is 7.20. The molecule has 0 unspecified atom stereocenters. The van der Waals surface area contributed by atoms with Crippen molar-refractivity contribution in [3.05, 3.63) is 62.0 Å². The molecular formula is C20H20N2O5S. The molecule has 28 heavy (non-hydrogen) atoms. The largest absolute Gasteiger partial charge is 0.462 e. The lowest BCUT2D eigenvalue weighted by molar-refractivity contribution is 0.0319. The van der Waals surface area contributed by atoms with E-state index < -0.39 is 18.0 Å². The zero-order chi connectivity index (χ0) is 20.4. The summed E-state index contributed by atoms with van der Waals surface area (Å²) in [7, 11) is 0. The fourth-order valence-electron chi connectivity index (χ4n) is 2.72. The number of ether oxygens (including phenoxy) is 2. The van der Waals surface area contributed by atoms with Crippen LogP contribution >= 0.6 is 11.3 Å². The van der Waals surface area contributed by atoms with E-state index in [1.807, 2.05) is 19.1 Å². The SMILES string of the molecule is CCOC(=O)c1sc2nc([C@H](C)OC(=O)c3ccc(C)cc3)[nH]c(=O)c2c1C. The fraction of sp³-hybridized carbons (Fsp3) is 0.300. The van der Waals surface area contributed by atoms with Crippen molar-refractivity contribution in [1.29, 1.82) is 0 Å². The van der Waals surface area contributed by atoms with Crippen LogP contribution in [-0.2, 0) is 9.47 Å².